The summed E-state index contributed by atoms with van der Waals surface area (Å²) in [6.45, 7) is 3.13. The van der Waals surface area contributed by atoms with Crippen LogP contribution in [0.4, 0.5) is 5.69 Å². The fraction of sp³-hybridized carbons (Fsp3) is 0.259. The van der Waals surface area contributed by atoms with E-state index in [0.29, 0.717) is 32.4 Å². The Morgan fingerprint density at radius 3 is 2.13 bits per heavy atom. The average Bonchev–Trinajstić information content (AvgIpc) is 2.91. The maximum absolute atomic E-state index is 13.8. The highest BCUT2D eigenvalue weighted by atomic mass is 79.9. The van der Waals surface area contributed by atoms with E-state index in [4.69, 9.17) is 27.9 Å². The molecule has 0 fully saturated rings. The Morgan fingerprint density at radius 2 is 1.59 bits per heavy atom. The fourth-order valence-electron chi connectivity index (χ4n) is 3.78. The number of anilines is 1. The molecule has 0 spiro atoms. The van der Waals surface area contributed by atoms with Crippen LogP contribution in [0.3, 0.4) is 0 Å². The third-order valence-electron chi connectivity index (χ3n) is 5.92. The molecule has 3 rings (SSSR count). The van der Waals surface area contributed by atoms with E-state index >= 15 is 0 Å². The monoisotopic (exact) mass is 655 g/mol. The van der Waals surface area contributed by atoms with Crippen LogP contribution in [0.25, 0.3) is 0 Å². The number of hydrogen-bond acceptors (Lipinski definition) is 5. The van der Waals surface area contributed by atoms with Gasteiger partial charge in [0, 0.05) is 33.7 Å². The second-order valence-corrected chi connectivity index (χ2v) is 12.0. The van der Waals surface area contributed by atoms with Gasteiger partial charge in [-0.25, -0.2) is 8.42 Å². The molecule has 39 heavy (non-hydrogen) atoms. The first-order valence-electron chi connectivity index (χ1n) is 11.9. The summed E-state index contributed by atoms with van der Waals surface area (Å²) in [5, 5.41) is 3.16. The number of ether oxygens (including phenoxy) is 1. The molecule has 0 aliphatic heterocycles. The number of hydrogen-bond donors (Lipinski definition) is 1. The minimum atomic E-state index is -4.19. The van der Waals surface area contributed by atoms with Gasteiger partial charge < -0.3 is 15.0 Å². The van der Waals surface area contributed by atoms with Gasteiger partial charge in [0.05, 0.1) is 17.2 Å². The van der Waals surface area contributed by atoms with E-state index < -0.39 is 34.4 Å². The highest BCUT2D eigenvalue weighted by Gasteiger charge is 2.33. The molecule has 2 amide bonds. The maximum atomic E-state index is 13.8. The normalized spacial score (nSPS) is 11.9. The number of carbonyl (C=O) groups excluding carboxylic acids is 2. The molecule has 0 heterocycles. The first-order valence-corrected chi connectivity index (χ1v) is 14.9. The van der Waals surface area contributed by atoms with Crippen molar-refractivity contribution < 1.29 is 22.7 Å². The lowest BCUT2D eigenvalue weighted by Gasteiger charge is -2.32. The molecule has 1 unspecified atom stereocenters. The molecule has 1 atom stereocenters. The summed E-state index contributed by atoms with van der Waals surface area (Å²) in [6.07, 6.45) is 0. The molecule has 8 nitrogen and oxygen atoms in total. The first kappa shape index (κ1) is 30.7. The third kappa shape index (κ3) is 7.45. The minimum absolute atomic E-state index is 0.00701. The molecule has 3 aromatic rings. The molecule has 0 aromatic heterocycles. The number of nitrogens with zero attached hydrogens (tertiary/aromatic N) is 2. The molecule has 0 saturated heterocycles. The number of carbonyl (C=O) groups is 2. The standard InChI is InChI=1S/C27H28BrCl2N3O5S/c1-4-38-21-12-10-20(11-13-21)33(39(36,37)22-14-8-19(28)9-15-22)17-26(34)32(18(2)27(35)31-3)16-23-24(29)6-5-7-25(23)30/h5-15,18H,4,16-17H2,1-3H3,(H,31,35). The second kappa shape index (κ2) is 13.5. The molecule has 1 N–H and O–H groups in total. The van der Waals surface area contributed by atoms with Gasteiger partial charge in [0.25, 0.3) is 10.0 Å². The van der Waals surface area contributed by atoms with E-state index in [9.17, 15) is 18.0 Å². The van der Waals surface area contributed by atoms with Gasteiger partial charge in [-0.2, -0.15) is 0 Å². The quantitative estimate of drug-likeness (QED) is 0.294. The first-order chi connectivity index (χ1) is 18.5. The summed E-state index contributed by atoms with van der Waals surface area (Å²) in [5.41, 5.74) is 0.686. The van der Waals surface area contributed by atoms with Crippen LogP contribution in [0.2, 0.25) is 10.0 Å². The molecule has 0 saturated carbocycles. The predicted molar refractivity (Wildman–Crippen MR) is 157 cm³/mol. The summed E-state index contributed by atoms with van der Waals surface area (Å²) in [5.74, 6) is -0.511. The maximum Gasteiger partial charge on any atom is 0.264 e. The molecule has 208 valence electrons. The van der Waals surface area contributed by atoms with Gasteiger partial charge in [0.1, 0.15) is 18.3 Å². The van der Waals surface area contributed by atoms with Gasteiger partial charge in [0.2, 0.25) is 11.8 Å². The van der Waals surface area contributed by atoms with Crippen LogP contribution in [-0.4, -0.2) is 51.4 Å². The van der Waals surface area contributed by atoms with Crippen LogP contribution in [0, 0.1) is 0 Å². The Kier molecular flexibility index (Phi) is 10.7. The van der Waals surface area contributed by atoms with E-state index in [2.05, 4.69) is 21.2 Å². The zero-order valence-corrected chi connectivity index (χ0v) is 25.4. The zero-order valence-electron chi connectivity index (χ0n) is 21.5. The van der Waals surface area contributed by atoms with E-state index in [1.807, 2.05) is 6.92 Å². The van der Waals surface area contributed by atoms with Gasteiger partial charge in [-0.15, -0.1) is 0 Å². The van der Waals surface area contributed by atoms with Crippen LogP contribution in [0.15, 0.2) is 76.1 Å². The van der Waals surface area contributed by atoms with Gasteiger partial charge >= 0.3 is 0 Å². The Labute approximate surface area is 247 Å². The SMILES string of the molecule is CCOc1ccc(N(CC(=O)N(Cc2c(Cl)cccc2Cl)C(C)C(=O)NC)S(=O)(=O)c2ccc(Br)cc2)cc1. The van der Waals surface area contributed by atoms with Crippen molar-refractivity contribution in [2.45, 2.75) is 31.3 Å². The highest BCUT2D eigenvalue weighted by molar-refractivity contribution is 9.10. The molecular weight excluding hydrogens is 629 g/mol. The Balaban J connectivity index is 2.06. The second-order valence-electron chi connectivity index (χ2n) is 8.40. The van der Waals surface area contributed by atoms with E-state index in [1.165, 1.54) is 24.1 Å². The largest absolute Gasteiger partial charge is 0.494 e. The summed E-state index contributed by atoms with van der Waals surface area (Å²) in [4.78, 5) is 27.7. The summed E-state index contributed by atoms with van der Waals surface area (Å²) in [7, 11) is -2.74. The van der Waals surface area contributed by atoms with Crippen molar-refractivity contribution in [1.29, 1.82) is 0 Å². The van der Waals surface area contributed by atoms with Gasteiger partial charge in [-0.05, 0) is 74.5 Å². The lowest BCUT2D eigenvalue weighted by atomic mass is 10.1. The van der Waals surface area contributed by atoms with Gasteiger partial charge in [-0.3, -0.25) is 13.9 Å². The van der Waals surface area contributed by atoms with Crippen molar-refractivity contribution in [3.05, 3.63) is 86.8 Å². The number of rotatable bonds is 11. The summed E-state index contributed by atoms with van der Waals surface area (Å²) in [6, 6.07) is 16.4. The van der Waals surface area contributed by atoms with E-state index in [-0.39, 0.29) is 17.1 Å². The molecule has 0 radical (unpaired) electrons. The lowest BCUT2D eigenvalue weighted by molar-refractivity contribution is -0.139. The zero-order chi connectivity index (χ0) is 28.7. The fourth-order valence-corrected chi connectivity index (χ4v) is 5.98. The Bertz CT molecular complexity index is 1400. The number of amides is 2. The lowest BCUT2D eigenvalue weighted by Crippen LogP contribution is -2.50. The Hall–Kier alpha value is -2.79. The summed E-state index contributed by atoms with van der Waals surface area (Å²) < 4.78 is 34.8. The number of sulfonamides is 1. The van der Waals surface area contributed by atoms with E-state index in [0.717, 1.165) is 4.31 Å². The van der Waals surface area contributed by atoms with Crippen LogP contribution in [0.1, 0.15) is 19.4 Å². The van der Waals surface area contributed by atoms with Crippen molar-refractivity contribution in [3.63, 3.8) is 0 Å². The third-order valence-corrected chi connectivity index (χ3v) is 8.95. The highest BCUT2D eigenvalue weighted by Crippen LogP contribution is 2.29. The van der Waals surface area contributed by atoms with Crippen molar-refractivity contribution in [2.75, 3.05) is 24.5 Å². The number of halogens is 3. The molecule has 0 aliphatic rings. The predicted octanol–water partition coefficient (Wildman–Crippen LogP) is 5.51. The molecule has 0 bridgehead atoms. The smallest absolute Gasteiger partial charge is 0.264 e. The molecule has 12 heteroatoms. The van der Waals surface area contributed by atoms with Crippen molar-refractivity contribution in [1.82, 2.24) is 10.2 Å². The number of benzene rings is 3. The van der Waals surface area contributed by atoms with E-state index in [1.54, 1.807) is 61.5 Å². The van der Waals surface area contributed by atoms with Crippen LogP contribution in [0.5, 0.6) is 5.75 Å². The van der Waals surface area contributed by atoms with Crippen LogP contribution in [-0.2, 0) is 26.2 Å². The Morgan fingerprint density at radius 1 is 1.00 bits per heavy atom. The molecule has 3 aromatic carbocycles. The van der Waals surface area contributed by atoms with Gasteiger partial charge in [0.15, 0.2) is 0 Å². The van der Waals surface area contributed by atoms with Crippen LogP contribution >= 0.6 is 39.1 Å². The average molecular weight is 657 g/mol. The van der Waals surface area contributed by atoms with Gasteiger partial charge in [-0.1, -0.05) is 45.2 Å². The molecular formula is C27H28BrCl2N3O5S. The topological polar surface area (TPSA) is 96.0 Å². The minimum Gasteiger partial charge on any atom is -0.494 e. The number of nitrogens with one attached hydrogen (secondary N) is 1. The van der Waals surface area contributed by atoms with Crippen molar-refractivity contribution in [3.8, 4) is 5.75 Å². The van der Waals surface area contributed by atoms with Crippen molar-refractivity contribution in [2.24, 2.45) is 0 Å². The number of likely N-dealkylation sites (N-methyl/N-ethyl adjacent to an activating group) is 1. The molecule has 0 aliphatic carbocycles. The van der Waals surface area contributed by atoms with Crippen molar-refractivity contribution >= 4 is 66.7 Å². The summed E-state index contributed by atoms with van der Waals surface area (Å²) >= 11 is 16.0. The van der Waals surface area contributed by atoms with Crippen LogP contribution < -0.4 is 14.4 Å².